The van der Waals surface area contributed by atoms with Gasteiger partial charge >= 0.3 is 5.97 Å². The number of carbonyl (C=O) groups is 2. The molecule has 5 nitrogen and oxygen atoms in total. The summed E-state index contributed by atoms with van der Waals surface area (Å²) in [6.45, 7) is 10.4. The van der Waals surface area contributed by atoms with E-state index in [1.807, 2.05) is 20.8 Å². The summed E-state index contributed by atoms with van der Waals surface area (Å²) in [7, 11) is 0. The molecule has 1 aromatic carbocycles. The second kappa shape index (κ2) is 9.18. The fraction of sp³-hybridized carbons (Fsp3) is 0.556. The largest absolute Gasteiger partial charge is 0.493 e. The van der Waals surface area contributed by atoms with Crippen molar-refractivity contribution in [1.82, 2.24) is 5.32 Å². The van der Waals surface area contributed by atoms with Crippen LogP contribution in [0.2, 0.25) is 0 Å². The van der Waals surface area contributed by atoms with Gasteiger partial charge < -0.3 is 14.8 Å². The van der Waals surface area contributed by atoms with E-state index >= 15 is 0 Å². The van der Waals surface area contributed by atoms with Crippen LogP contribution in [0.15, 0.2) is 24.3 Å². The van der Waals surface area contributed by atoms with Gasteiger partial charge in [0.2, 0.25) is 0 Å². The lowest BCUT2D eigenvalue weighted by Gasteiger charge is -2.17. The Morgan fingerprint density at radius 2 is 1.65 bits per heavy atom. The predicted molar refractivity (Wildman–Crippen MR) is 89.5 cm³/mol. The SMILES string of the molecule is CC(C)COc1ccc(C(=O)OCC(=O)NC(C)C(C)C)cc1. The number of carbonyl (C=O) groups excluding carboxylic acids is 2. The fourth-order valence-corrected chi connectivity index (χ4v) is 1.63. The van der Waals surface area contributed by atoms with Crippen molar-refractivity contribution in [1.29, 1.82) is 0 Å². The van der Waals surface area contributed by atoms with E-state index < -0.39 is 5.97 Å². The van der Waals surface area contributed by atoms with Crippen molar-refractivity contribution in [2.45, 2.75) is 40.7 Å². The first-order valence-electron chi connectivity index (χ1n) is 7.99. The second-order valence-electron chi connectivity index (χ2n) is 6.41. The lowest BCUT2D eigenvalue weighted by atomic mass is 10.1. The van der Waals surface area contributed by atoms with Crippen molar-refractivity contribution >= 4 is 11.9 Å². The average Bonchev–Trinajstić information content (AvgIpc) is 2.50. The zero-order valence-electron chi connectivity index (χ0n) is 14.6. The lowest BCUT2D eigenvalue weighted by Crippen LogP contribution is -2.38. The maximum absolute atomic E-state index is 11.9. The first kappa shape index (κ1) is 19.0. The van der Waals surface area contributed by atoms with E-state index in [0.29, 0.717) is 29.8 Å². The fourth-order valence-electron chi connectivity index (χ4n) is 1.63. The van der Waals surface area contributed by atoms with Gasteiger partial charge in [-0.05, 0) is 43.0 Å². The van der Waals surface area contributed by atoms with Crippen molar-refractivity contribution in [2.75, 3.05) is 13.2 Å². The maximum Gasteiger partial charge on any atom is 0.338 e. The molecule has 0 aliphatic carbocycles. The van der Waals surface area contributed by atoms with Gasteiger partial charge in [-0.15, -0.1) is 0 Å². The number of ether oxygens (including phenoxy) is 2. The molecule has 128 valence electrons. The highest BCUT2D eigenvalue weighted by molar-refractivity contribution is 5.91. The molecular weight excluding hydrogens is 294 g/mol. The molecule has 0 aliphatic rings. The van der Waals surface area contributed by atoms with E-state index in [1.165, 1.54) is 0 Å². The molecule has 1 aromatic rings. The highest BCUT2D eigenvalue weighted by Gasteiger charge is 2.14. The van der Waals surface area contributed by atoms with Gasteiger partial charge in [0.05, 0.1) is 12.2 Å². The molecule has 1 rings (SSSR count). The van der Waals surface area contributed by atoms with Crippen LogP contribution >= 0.6 is 0 Å². The Hall–Kier alpha value is -2.04. The van der Waals surface area contributed by atoms with Crippen LogP contribution in [-0.2, 0) is 9.53 Å². The van der Waals surface area contributed by atoms with Gasteiger partial charge in [0.1, 0.15) is 5.75 Å². The van der Waals surface area contributed by atoms with E-state index in [0.717, 1.165) is 0 Å². The number of nitrogens with one attached hydrogen (secondary N) is 1. The van der Waals surface area contributed by atoms with Crippen LogP contribution in [0.3, 0.4) is 0 Å². The minimum atomic E-state index is -0.521. The maximum atomic E-state index is 11.9. The monoisotopic (exact) mass is 321 g/mol. The Bertz CT molecular complexity index is 508. The van der Waals surface area contributed by atoms with Crippen molar-refractivity contribution in [3.8, 4) is 5.75 Å². The molecule has 0 fully saturated rings. The van der Waals surface area contributed by atoms with Gasteiger partial charge in [0.15, 0.2) is 6.61 Å². The van der Waals surface area contributed by atoms with Gasteiger partial charge in [-0.1, -0.05) is 27.7 Å². The zero-order chi connectivity index (χ0) is 17.4. The van der Waals surface area contributed by atoms with Gasteiger partial charge in [-0.3, -0.25) is 4.79 Å². The predicted octanol–water partition coefficient (Wildman–Crippen LogP) is 3.04. The number of amides is 1. The Labute approximate surface area is 138 Å². The summed E-state index contributed by atoms with van der Waals surface area (Å²) >= 11 is 0. The first-order valence-corrected chi connectivity index (χ1v) is 7.99. The smallest absolute Gasteiger partial charge is 0.338 e. The molecule has 5 heteroatoms. The quantitative estimate of drug-likeness (QED) is 0.748. The van der Waals surface area contributed by atoms with Gasteiger partial charge in [-0.2, -0.15) is 0 Å². The molecular formula is C18H27NO4. The first-order chi connectivity index (χ1) is 10.8. The summed E-state index contributed by atoms with van der Waals surface area (Å²) in [4.78, 5) is 23.6. The zero-order valence-corrected chi connectivity index (χ0v) is 14.6. The van der Waals surface area contributed by atoms with Gasteiger partial charge in [-0.25, -0.2) is 4.79 Å². The second-order valence-corrected chi connectivity index (χ2v) is 6.41. The molecule has 0 spiro atoms. The van der Waals surface area contributed by atoms with Crippen LogP contribution in [0.4, 0.5) is 0 Å². The molecule has 0 aromatic heterocycles. The third kappa shape index (κ3) is 7.17. The van der Waals surface area contributed by atoms with Crippen LogP contribution in [-0.4, -0.2) is 31.1 Å². The summed E-state index contributed by atoms with van der Waals surface area (Å²) < 4.78 is 10.6. The standard InChI is InChI=1S/C18H27NO4/c1-12(2)10-22-16-8-6-15(7-9-16)18(21)23-11-17(20)19-14(5)13(3)4/h6-9,12-14H,10-11H2,1-5H3,(H,19,20). The van der Waals surface area contributed by atoms with Crippen LogP contribution in [0.25, 0.3) is 0 Å². The summed E-state index contributed by atoms with van der Waals surface area (Å²) in [5.74, 6) is 0.655. The van der Waals surface area contributed by atoms with Gasteiger partial charge in [0.25, 0.3) is 5.91 Å². The van der Waals surface area contributed by atoms with Crippen LogP contribution < -0.4 is 10.1 Å². The number of hydrogen-bond donors (Lipinski definition) is 1. The molecule has 1 atom stereocenters. The van der Waals surface area contributed by atoms with E-state index in [4.69, 9.17) is 9.47 Å². The van der Waals surface area contributed by atoms with E-state index in [9.17, 15) is 9.59 Å². The third-order valence-corrected chi connectivity index (χ3v) is 3.40. The average molecular weight is 321 g/mol. The molecule has 1 N–H and O–H groups in total. The van der Waals surface area contributed by atoms with Crippen molar-refractivity contribution in [3.63, 3.8) is 0 Å². The minimum absolute atomic E-state index is 0.0404. The van der Waals surface area contributed by atoms with Crippen molar-refractivity contribution in [3.05, 3.63) is 29.8 Å². The van der Waals surface area contributed by atoms with E-state index in [2.05, 4.69) is 19.2 Å². The number of benzene rings is 1. The molecule has 0 saturated heterocycles. The highest BCUT2D eigenvalue weighted by Crippen LogP contribution is 2.14. The Kier molecular flexibility index (Phi) is 7.59. The Morgan fingerprint density at radius 3 is 2.17 bits per heavy atom. The summed E-state index contributed by atoms with van der Waals surface area (Å²) in [6, 6.07) is 6.75. The summed E-state index contributed by atoms with van der Waals surface area (Å²) in [5, 5.41) is 2.79. The topological polar surface area (TPSA) is 64.6 Å². The van der Waals surface area contributed by atoms with Crippen LogP contribution in [0, 0.1) is 11.8 Å². The number of rotatable bonds is 8. The molecule has 0 heterocycles. The molecule has 0 radical (unpaired) electrons. The van der Waals surface area contributed by atoms with Crippen LogP contribution in [0.5, 0.6) is 5.75 Å². The Balaban J connectivity index is 2.44. The van der Waals surface area contributed by atoms with E-state index in [1.54, 1.807) is 24.3 Å². The third-order valence-electron chi connectivity index (χ3n) is 3.40. The summed E-state index contributed by atoms with van der Waals surface area (Å²) in [6.07, 6.45) is 0. The van der Waals surface area contributed by atoms with Crippen molar-refractivity contribution in [2.24, 2.45) is 11.8 Å². The van der Waals surface area contributed by atoms with Crippen molar-refractivity contribution < 1.29 is 19.1 Å². The molecule has 1 amide bonds. The van der Waals surface area contributed by atoms with Crippen LogP contribution in [0.1, 0.15) is 45.0 Å². The molecule has 0 bridgehead atoms. The Morgan fingerprint density at radius 1 is 1.04 bits per heavy atom. The van der Waals surface area contributed by atoms with E-state index in [-0.39, 0.29) is 18.6 Å². The minimum Gasteiger partial charge on any atom is -0.493 e. The molecule has 1 unspecified atom stereocenters. The molecule has 0 aliphatic heterocycles. The lowest BCUT2D eigenvalue weighted by molar-refractivity contribution is -0.125. The van der Waals surface area contributed by atoms with Gasteiger partial charge in [0, 0.05) is 6.04 Å². The number of esters is 1. The normalized spacial score (nSPS) is 12.1. The molecule has 0 saturated carbocycles. The summed E-state index contributed by atoms with van der Waals surface area (Å²) in [5.41, 5.74) is 0.395. The number of hydrogen-bond acceptors (Lipinski definition) is 4. The highest BCUT2D eigenvalue weighted by atomic mass is 16.5. The molecule has 23 heavy (non-hydrogen) atoms.